The van der Waals surface area contributed by atoms with E-state index in [1.165, 1.54) is 25.7 Å². The molecule has 0 aliphatic carbocycles. The van der Waals surface area contributed by atoms with E-state index in [9.17, 15) is 0 Å². The highest BCUT2D eigenvalue weighted by Gasteiger charge is 2.13. The third-order valence-electron chi connectivity index (χ3n) is 3.26. The molecule has 2 atom stereocenters. The standard InChI is InChI=1S/C13H29N/c1-6-11(4)9-13(14-8-3)10-12(5)7-2/h11-14H,6-10H2,1-5H3. The fraction of sp³-hybridized carbons (Fsp3) is 1.00. The van der Waals surface area contributed by atoms with Crippen LogP contribution in [0.2, 0.25) is 0 Å². The van der Waals surface area contributed by atoms with E-state index in [1.807, 2.05) is 0 Å². The molecule has 1 heteroatoms. The average molecular weight is 199 g/mol. The van der Waals surface area contributed by atoms with Gasteiger partial charge in [-0.25, -0.2) is 0 Å². The van der Waals surface area contributed by atoms with Crippen LogP contribution in [0.5, 0.6) is 0 Å². The zero-order valence-electron chi connectivity index (χ0n) is 10.8. The summed E-state index contributed by atoms with van der Waals surface area (Å²) >= 11 is 0. The van der Waals surface area contributed by atoms with Crippen molar-refractivity contribution in [3.8, 4) is 0 Å². The van der Waals surface area contributed by atoms with E-state index in [1.54, 1.807) is 0 Å². The van der Waals surface area contributed by atoms with E-state index in [2.05, 4.69) is 39.9 Å². The lowest BCUT2D eigenvalue weighted by Crippen LogP contribution is -2.32. The van der Waals surface area contributed by atoms with Crippen molar-refractivity contribution in [3.63, 3.8) is 0 Å². The average Bonchev–Trinajstić information content (AvgIpc) is 2.17. The van der Waals surface area contributed by atoms with E-state index >= 15 is 0 Å². The van der Waals surface area contributed by atoms with Crippen molar-refractivity contribution in [2.24, 2.45) is 11.8 Å². The number of rotatable bonds is 8. The molecule has 0 fully saturated rings. The number of nitrogens with one attached hydrogen (secondary N) is 1. The minimum atomic E-state index is 0.741. The Labute approximate surface area is 90.7 Å². The molecule has 0 heterocycles. The van der Waals surface area contributed by atoms with Crippen molar-refractivity contribution in [2.45, 2.75) is 66.3 Å². The predicted molar refractivity (Wildman–Crippen MR) is 65.6 cm³/mol. The Bertz CT molecular complexity index is 110. The molecular weight excluding hydrogens is 170 g/mol. The van der Waals surface area contributed by atoms with Crippen molar-refractivity contribution in [1.82, 2.24) is 5.32 Å². The predicted octanol–water partition coefficient (Wildman–Crippen LogP) is 3.84. The van der Waals surface area contributed by atoms with Gasteiger partial charge in [0, 0.05) is 6.04 Å². The maximum absolute atomic E-state index is 3.61. The van der Waals surface area contributed by atoms with E-state index in [0.717, 1.165) is 24.4 Å². The summed E-state index contributed by atoms with van der Waals surface area (Å²) in [5, 5.41) is 3.61. The van der Waals surface area contributed by atoms with Crippen LogP contribution in [0.1, 0.15) is 60.3 Å². The first-order valence-corrected chi connectivity index (χ1v) is 6.37. The van der Waals surface area contributed by atoms with Crippen LogP contribution in [0.25, 0.3) is 0 Å². The molecule has 0 aliphatic rings. The molecule has 0 aromatic rings. The quantitative estimate of drug-likeness (QED) is 0.626. The monoisotopic (exact) mass is 199 g/mol. The van der Waals surface area contributed by atoms with Gasteiger partial charge in [-0.2, -0.15) is 0 Å². The zero-order valence-corrected chi connectivity index (χ0v) is 10.8. The molecule has 0 saturated heterocycles. The lowest BCUT2D eigenvalue weighted by atomic mass is 9.91. The number of hydrogen-bond acceptors (Lipinski definition) is 1. The Hall–Kier alpha value is -0.0400. The number of hydrogen-bond donors (Lipinski definition) is 1. The molecule has 0 spiro atoms. The van der Waals surface area contributed by atoms with Crippen molar-refractivity contribution >= 4 is 0 Å². The minimum Gasteiger partial charge on any atom is -0.314 e. The summed E-state index contributed by atoms with van der Waals surface area (Å²) in [6, 6.07) is 0.741. The second kappa shape index (κ2) is 8.28. The van der Waals surface area contributed by atoms with Gasteiger partial charge in [-0.15, -0.1) is 0 Å². The SMILES string of the molecule is CCNC(CC(C)CC)CC(C)CC. The van der Waals surface area contributed by atoms with E-state index in [4.69, 9.17) is 0 Å². The molecule has 0 amide bonds. The Morgan fingerprint density at radius 3 is 1.57 bits per heavy atom. The van der Waals surface area contributed by atoms with E-state index < -0.39 is 0 Å². The van der Waals surface area contributed by atoms with Gasteiger partial charge in [-0.05, 0) is 31.2 Å². The summed E-state index contributed by atoms with van der Waals surface area (Å²) in [4.78, 5) is 0. The second-order valence-electron chi connectivity index (χ2n) is 4.75. The van der Waals surface area contributed by atoms with Gasteiger partial charge in [0.2, 0.25) is 0 Å². The Morgan fingerprint density at radius 1 is 0.857 bits per heavy atom. The van der Waals surface area contributed by atoms with Crippen LogP contribution in [0.3, 0.4) is 0 Å². The highest BCUT2D eigenvalue weighted by Crippen LogP contribution is 2.17. The maximum atomic E-state index is 3.61. The molecule has 1 N–H and O–H groups in total. The lowest BCUT2D eigenvalue weighted by Gasteiger charge is -2.23. The third-order valence-corrected chi connectivity index (χ3v) is 3.26. The van der Waals surface area contributed by atoms with Crippen LogP contribution in [-0.2, 0) is 0 Å². The van der Waals surface area contributed by atoms with Gasteiger partial charge in [0.15, 0.2) is 0 Å². The second-order valence-corrected chi connectivity index (χ2v) is 4.75. The first-order chi connectivity index (χ1) is 6.63. The van der Waals surface area contributed by atoms with Crippen molar-refractivity contribution in [1.29, 1.82) is 0 Å². The van der Waals surface area contributed by atoms with E-state index in [-0.39, 0.29) is 0 Å². The summed E-state index contributed by atoms with van der Waals surface area (Å²) < 4.78 is 0. The van der Waals surface area contributed by atoms with E-state index in [0.29, 0.717) is 0 Å². The molecule has 0 radical (unpaired) electrons. The topological polar surface area (TPSA) is 12.0 Å². The van der Waals surface area contributed by atoms with Crippen molar-refractivity contribution < 1.29 is 0 Å². The highest BCUT2D eigenvalue weighted by molar-refractivity contribution is 4.71. The highest BCUT2D eigenvalue weighted by atomic mass is 14.9. The van der Waals surface area contributed by atoms with Crippen LogP contribution >= 0.6 is 0 Å². The summed E-state index contributed by atoms with van der Waals surface area (Å²) in [7, 11) is 0. The molecule has 1 nitrogen and oxygen atoms in total. The normalized spacial score (nSPS) is 17.8. The Kier molecular flexibility index (Phi) is 8.26. The smallest absolute Gasteiger partial charge is 0.00720 e. The molecule has 0 aromatic heterocycles. The van der Waals surface area contributed by atoms with Gasteiger partial charge in [-0.1, -0.05) is 47.5 Å². The largest absolute Gasteiger partial charge is 0.314 e. The molecular formula is C13H29N. The summed E-state index contributed by atoms with van der Waals surface area (Å²) in [5.74, 6) is 1.73. The van der Waals surface area contributed by atoms with Crippen LogP contribution in [0, 0.1) is 11.8 Å². The molecule has 86 valence electrons. The van der Waals surface area contributed by atoms with Crippen LogP contribution in [0.4, 0.5) is 0 Å². The van der Waals surface area contributed by atoms with Gasteiger partial charge < -0.3 is 5.32 Å². The van der Waals surface area contributed by atoms with Crippen LogP contribution < -0.4 is 5.32 Å². The third kappa shape index (κ3) is 6.42. The van der Waals surface area contributed by atoms with Crippen molar-refractivity contribution in [2.75, 3.05) is 6.54 Å². The maximum Gasteiger partial charge on any atom is 0.00720 e. The molecule has 0 rings (SSSR count). The molecule has 0 saturated carbocycles. The minimum absolute atomic E-state index is 0.741. The molecule has 2 unspecified atom stereocenters. The lowest BCUT2D eigenvalue weighted by molar-refractivity contribution is 0.336. The fourth-order valence-electron chi connectivity index (χ4n) is 1.86. The Balaban J connectivity index is 3.88. The van der Waals surface area contributed by atoms with Gasteiger partial charge in [0.1, 0.15) is 0 Å². The molecule has 0 aromatic carbocycles. The summed E-state index contributed by atoms with van der Waals surface area (Å²) in [6.07, 6.45) is 5.30. The van der Waals surface area contributed by atoms with Crippen molar-refractivity contribution in [3.05, 3.63) is 0 Å². The van der Waals surface area contributed by atoms with Gasteiger partial charge >= 0.3 is 0 Å². The molecule has 0 bridgehead atoms. The first-order valence-electron chi connectivity index (χ1n) is 6.37. The molecule has 0 aliphatic heterocycles. The molecule has 14 heavy (non-hydrogen) atoms. The van der Waals surface area contributed by atoms with Crippen LogP contribution in [0.15, 0.2) is 0 Å². The Morgan fingerprint density at radius 2 is 1.29 bits per heavy atom. The van der Waals surface area contributed by atoms with Gasteiger partial charge in [-0.3, -0.25) is 0 Å². The van der Waals surface area contributed by atoms with Gasteiger partial charge in [0.05, 0.1) is 0 Å². The van der Waals surface area contributed by atoms with Gasteiger partial charge in [0.25, 0.3) is 0 Å². The fourth-order valence-corrected chi connectivity index (χ4v) is 1.86. The zero-order chi connectivity index (χ0) is 11.0. The summed E-state index contributed by atoms with van der Waals surface area (Å²) in [6.45, 7) is 12.6. The summed E-state index contributed by atoms with van der Waals surface area (Å²) in [5.41, 5.74) is 0. The first kappa shape index (κ1) is 14.0. The van der Waals surface area contributed by atoms with Crippen LogP contribution in [-0.4, -0.2) is 12.6 Å².